The number of nitrogens with zero attached hydrogens (tertiary/aromatic N) is 6. The summed E-state index contributed by atoms with van der Waals surface area (Å²) in [7, 11) is 1.76. The molecule has 2 aliphatic rings. The van der Waals surface area contributed by atoms with Gasteiger partial charge in [0, 0.05) is 19.3 Å². The number of rotatable bonds is 4. The predicted molar refractivity (Wildman–Crippen MR) is 99.9 cm³/mol. The van der Waals surface area contributed by atoms with E-state index in [1.54, 1.807) is 24.3 Å². The zero-order valence-corrected chi connectivity index (χ0v) is 15.5. The van der Waals surface area contributed by atoms with Crippen LogP contribution >= 0.6 is 0 Å². The first-order valence-corrected chi connectivity index (χ1v) is 9.30. The van der Waals surface area contributed by atoms with Gasteiger partial charge in [0.25, 0.3) is 11.9 Å². The van der Waals surface area contributed by atoms with Crippen molar-refractivity contribution in [2.24, 2.45) is 5.73 Å². The summed E-state index contributed by atoms with van der Waals surface area (Å²) in [6.07, 6.45) is 8.41. The van der Waals surface area contributed by atoms with Gasteiger partial charge >= 0.3 is 0 Å². The van der Waals surface area contributed by atoms with Crippen LogP contribution in [-0.2, 0) is 4.79 Å². The van der Waals surface area contributed by atoms with Crippen LogP contribution in [0.1, 0.15) is 49.5 Å². The third-order valence-electron chi connectivity index (χ3n) is 5.45. The summed E-state index contributed by atoms with van der Waals surface area (Å²) in [4.78, 5) is 37.1. The molecular formula is C18H23N7O2. The third-order valence-corrected chi connectivity index (χ3v) is 5.45. The first kappa shape index (κ1) is 17.4. The molecule has 9 heteroatoms. The number of likely N-dealkylation sites (N-methyl/N-ethyl adjacent to an activating group) is 1. The monoisotopic (exact) mass is 369 g/mol. The van der Waals surface area contributed by atoms with Crippen molar-refractivity contribution in [3.8, 4) is 5.95 Å². The molecule has 0 bridgehead atoms. The Balaban J connectivity index is 1.81. The number of carbonyl (C=O) groups excluding carboxylic acids is 2. The van der Waals surface area contributed by atoms with Crippen LogP contribution < -0.4 is 15.5 Å². The number of nitrogens with two attached hydrogens (primary N) is 1. The second kappa shape index (κ2) is 6.64. The smallest absolute Gasteiger partial charge is 0.269 e. The zero-order chi connectivity index (χ0) is 19.1. The van der Waals surface area contributed by atoms with E-state index < -0.39 is 5.91 Å². The number of aromatic nitrogens is 4. The first-order valence-electron chi connectivity index (χ1n) is 9.30. The van der Waals surface area contributed by atoms with Crippen molar-refractivity contribution in [1.82, 2.24) is 19.7 Å². The fourth-order valence-electron chi connectivity index (χ4n) is 4.05. The van der Waals surface area contributed by atoms with Crippen molar-refractivity contribution < 1.29 is 9.59 Å². The Morgan fingerprint density at radius 2 is 2.07 bits per heavy atom. The summed E-state index contributed by atoms with van der Waals surface area (Å²) in [6.45, 7) is 2.03. The van der Waals surface area contributed by atoms with Crippen LogP contribution in [0.2, 0.25) is 0 Å². The van der Waals surface area contributed by atoms with E-state index in [0.717, 1.165) is 31.5 Å². The summed E-state index contributed by atoms with van der Waals surface area (Å²) in [5.74, 6) is 0.567. The standard InChI is InChI=1S/C18H23N7O2/c1-3-13-17(27)23(2)14-10-20-18(24-9-8-12(22-24)15(19)26)21-16(14)25(13)11-6-4-5-7-11/h8-11,13H,3-7H2,1-2H3,(H2,19,26)/t13-/m1/s1. The van der Waals surface area contributed by atoms with E-state index in [1.165, 1.54) is 10.7 Å². The van der Waals surface area contributed by atoms with Crippen LogP contribution in [0, 0.1) is 0 Å². The molecule has 142 valence electrons. The summed E-state index contributed by atoms with van der Waals surface area (Å²) >= 11 is 0. The molecular weight excluding hydrogens is 346 g/mol. The van der Waals surface area contributed by atoms with Crippen molar-refractivity contribution in [2.75, 3.05) is 16.8 Å². The Hall–Kier alpha value is -2.97. The fraction of sp³-hybridized carbons (Fsp3) is 0.500. The number of hydrogen-bond donors (Lipinski definition) is 1. The van der Waals surface area contributed by atoms with E-state index in [0.29, 0.717) is 24.1 Å². The van der Waals surface area contributed by atoms with Crippen molar-refractivity contribution in [3.63, 3.8) is 0 Å². The topological polar surface area (TPSA) is 110 Å². The first-order chi connectivity index (χ1) is 13.0. The average molecular weight is 369 g/mol. The average Bonchev–Trinajstić information content (AvgIpc) is 3.35. The Bertz CT molecular complexity index is 888. The van der Waals surface area contributed by atoms with Crippen LogP contribution in [0.4, 0.5) is 11.5 Å². The van der Waals surface area contributed by atoms with Gasteiger partial charge in [-0.25, -0.2) is 9.67 Å². The third kappa shape index (κ3) is 2.83. The summed E-state index contributed by atoms with van der Waals surface area (Å²) in [6, 6.07) is 1.60. The number of primary amides is 1. The van der Waals surface area contributed by atoms with Gasteiger partial charge in [0.05, 0.1) is 6.20 Å². The molecule has 1 fully saturated rings. The van der Waals surface area contributed by atoms with Crippen LogP contribution in [0.5, 0.6) is 0 Å². The van der Waals surface area contributed by atoms with E-state index in [9.17, 15) is 9.59 Å². The lowest BCUT2D eigenvalue weighted by atomic mass is 10.0. The van der Waals surface area contributed by atoms with Crippen LogP contribution in [0.15, 0.2) is 18.5 Å². The van der Waals surface area contributed by atoms with Gasteiger partial charge in [-0.05, 0) is 25.3 Å². The maximum atomic E-state index is 12.9. The highest BCUT2D eigenvalue weighted by Crippen LogP contribution is 2.39. The number of fused-ring (bicyclic) bond motifs is 1. The minimum absolute atomic E-state index is 0.0725. The number of anilines is 2. The molecule has 27 heavy (non-hydrogen) atoms. The van der Waals surface area contributed by atoms with E-state index in [4.69, 9.17) is 10.7 Å². The quantitative estimate of drug-likeness (QED) is 0.869. The van der Waals surface area contributed by atoms with Crippen molar-refractivity contribution in [3.05, 3.63) is 24.2 Å². The van der Waals surface area contributed by atoms with Gasteiger partial charge < -0.3 is 15.5 Å². The zero-order valence-electron chi connectivity index (χ0n) is 15.5. The van der Waals surface area contributed by atoms with Gasteiger partial charge in [0.15, 0.2) is 5.82 Å². The van der Waals surface area contributed by atoms with Crippen LogP contribution in [0.3, 0.4) is 0 Å². The molecule has 1 saturated carbocycles. The van der Waals surface area contributed by atoms with E-state index in [1.807, 2.05) is 6.92 Å². The van der Waals surface area contributed by atoms with Gasteiger partial charge in [-0.3, -0.25) is 9.59 Å². The van der Waals surface area contributed by atoms with E-state index in [-0.39, 0.29) is 17.6 Å². The van der Waals surface area contributed by atoms with Crippen LogP contribution in [-0.4, -0.2) is 50.7 Å². The molecule has 1 atom stereocenters. The highest BCUT2D eigenvalue weighted by atomic mass is 16.2. The Labute approximate surface area is 157 Å². The lowest BCUT2D eigenvalue weighted by molar-refractivity contribution is -0.120. The van der Waals surface area contributed by atoms with Gasteiger partial charge in [0.1, 0.15) is 17.4 Å². The second-order valence-electron chi connectivity index (χ2n) is 7.06. The Kier molecular flexibility index (Phi) is 4.29. The fourth-order valence-corrected chi connectivity index (χ4v) is 4.05. The minimum atomic E-state index is -0.601. The molecule has 1 aliphatic carbocycles. The highest BCUT2D eigenvalue weighted by Gasteiger charge is 2.41. The molecule has 2 amide bonds. The lowest BCUT2D eigenvalue weighted by Gasteiger charge is -2.43. The predicted octanol–water partition coefficient (Wildman–Crippen LogP) is 1.27. The van der Waals surface area contributed by atoms with Crippen molar-refractivity contribution >= 4 is 23.3 Å². The summed E-state index contributed by atoms with van der Waals surface area (Å²) < 4.78 is 1.44. The highest BCUT2D eigenvalue weighted by molar-refractivity contribution is 6.04. The molecule has 2 N–H and O–H groups in total. The van der Waals surface area contributed by atoms with E-state index >= 15 is 0 Å². The molecule has 0 aromatic carbocycles. The molecule has 0 radical (unpaired) electrons. The maximum absolute atomic E-state index is 12.9. The van der Waals surface area contributed by atoms with Crippen LogP contribution in [0.25, 0.3) is 5.95 Å². The number of carbonyl (C=O) groups is 2. The molecule has 0 saturated heterocycles. The van der Waals surface area contributed by atoms with Gasteiger partial charge in [-0.15, -0.1) is 0 Å². The summed E-state index contributed by atoms with van der Waals surface area (Å²) in [5, 5.41) is 4.14. The minimum Gasteiger partial charge on any atom is -0.364 e. The lowest BCUT2D eigenvalue weighted by Crippen LogP contribution is -2.55. The van der Waals surface area contributed by atoms with Crippen molar-refractivity contribution in [2.45, 2.75) is 51.1 Å². The Morgan fingerprint density at radius 1 is 1.33 bits per heavy atom. The number of amides is 2. The summed E-state index contributed by atoms with van der Waals surface area (Å²) in [5.41, 5.74) is 6.13. The molecule has 3 heterocycles. The molecule has 4 rings (SSSR count). The van der Waals surface area contributed by atoms with Gasteiger partial charge in [0.2, 0.25) is 5.91 Å². The molecule has 0 unspecified atom stereocenters. The van der Waals surface area contributed by atoms with Gasteiger partial charge in [-0.1, -0.05) is 19.8 Å². The van der Waals surface area contributed by atoms with Gasteiger partial charge in [-0.2, -0.15) is 10.1 Å². The molecule has 2 aromatic rings. The molecule has 2 aromatic heterocycles. The Morgan fingerprint density at radius 3 is 2.70 bits per heavy atom. The maximum Gasteiger partial charge on any atom is 0.269 e. The molecule has 9 nitrogen and oxygen atoms in total. The SMILES string of the molecule is CC[C@@H]1C(=O)N(C)c2cnc(-n3ccc(C(N)=O)n3)nc2N1C1CCCC1. The van der Waals surface area contributed by atoms with E-state index in [2.05, 4.69) is 15.0 Å². The van der Waals surface area contributed by atoms with Crippen molar-refractivity contribution in [1.29, 1.82) is 0 Å². The molecule has 1 aliphatic heterocycles. The number of hydrogen-bond acceptors (Lipinski definition) is 6. The normalized spacial score (nSPS) is 20.2. The molecule has 0 spiro atoms. The second-order valence-corrected chi connectivity index (χ2v) is 7.06. The largest absolute Gasteiger partial charge is 0.364 e.